The topological polar surface area (TPSA) is 61.3 Å². The largest absolute Gasteiger partial charge is 0.486 e. The van der Waals surface area contributed by atoms with Gasteiger partial charge in [-0.2, -0.15) is 0 Å². The molecule has 0 bridgehead atoms. The van der Waals surface area contributed by atoms with Gasteiger partial charge in [-0.3, -0.25) is 0 Å². The molecule has 0 aliphatic heterocycles. The summed E-state index contributed by atoms with van der Waals surface area (Å²) < 4.78 is 10.6. The lowest BCUT2D eigenvalue weighted by Crippen LogP contribution is -2.02. The third-order valence-electron chi connectivity index (χ3n) is 2.41. The SMILES string of the molecule is Cc1cc(COc2ccc(CCN)cc2)on1. The van der Waals surface area contributed by atoms with Crippen molar-refractivity contribution in [2.45, 2.75) is 20.0 Å². The first-order valence-corrected chi connectivity index (χ1v) is 5.62. The average molecular weight is 232 g/mol. The summed E-state index contributed by atoms with van der Waals surface area (Å²) >= 11 is 0. The van der Waals surface area contributed by atoms with Crippen molar-refractivity contribution < 1.29 is 9.26 Å². The summed E-state index contributed by atoms with van der Waals surface area (Å²) in [5.74, 6) is 1.55. The van der Waals surface area contributed by atoms with Gasteiger partial charge in [0.25, 0.3) is 0 Å². The Morgan fingerprint density at radius 3 is 2.65 bits per heavy atom. The first-order valence-electron chi connectivity index (χ1n) is 5.62. The van der Waals surface area contributed by atoms with E-state index in [0.29, 0.717) is 13.2 Å². The van der Waals surface area contributed by atoms with E-state index in [1.54, 1.807) is 0 Å². The Morgan fingerprint density at radius 2 is 2.06 bits per heavy atom. The smallest absolute Gasteiger partial charge is 0.174 e. The van der Waals surface area contributed by atoms with E-state index in [4.69, 9.17) is 15.0 Å². The molecule has 0 unspecified atom stereocenters. The molecule has 1 aromatic heterocycles. The van der Waals surface area contributed by atoms with Gasteiger partial charge in [0.2, 0.25) is 0 Å². The Kier molecular flexibility index (Phi) is 3.77. The van der Waals surface area contributed by atoms with Gasteiger partial charge in [-0.15, -0.1) is 0 Å². The molecule has 0 radical (unpaired) electrons. The summed E-state index contributed by atoms with van der Waals surface area (Å²) in [6.07, 6.45) is 0.890. The zero-order valence-electron chi connectivity index (χ0n) is 9.85. The first kappa shape index (κ1) is 11.7. The van der Waals surface area contributed by atoms with E-state index in [2.05, 4.69) is 5.16 Å². The van der Waals surface area contributed by atoms with E-state index in [-0.39, 0.29) is 0 Å². The van der Waals surface area contributed by atoms with Crippen LogP contribution in [0.15, 0.2) is 34.9 Å². The maximum Gasteiger partial charge on any atom is 0.174 e. The lowest BCUT2D eigenvalue weighted by molar-refractivity contribution is 0.248. The fourth-order valence-electron chi connectivity index (χ4n) is 1.56. The molecule has 2 rings (SSSR count). The number of rotatable bonds is 5. The fourth-order valence-corrected chi connectivity index (χ4v) is 1.56. The van der Waals surface area contributed by atoms with Crippen LogP contribution in [0.5, 0.6) is 5.75 Å². The predicted molar refractivity (Wildman–Crippen MR) is 64.8 cm³/mol. The molecule has 2 aromatic rings. The molecular formula is C13H16N2O2. The van der Waals surface area contributed by atoms with E-state index < -0.39 is 0 Å². The van der Waals surface area contributed by atoms with Crippen molar-refractivity contribution in [2.75, 3.05) is 6.54 Å². The molecule has 90 valence electrons. The molecule has 2 N–H and O–H groups in total. The van der Waals surface area contributed by atoms with Crippen LogP contribution in [0.3, 0.4) is 0 Å². The lowest BCUT2D eigenvalue weighted by atomic mass is 10.1. The Morgan fingerprint density at radius 1 is 1.29 bits per heavy atom. The molecule has 0 amide bonds. The maximum absolute atomic E-state index is 5.57. The number of aromatic nitrogens is 1. The van der Waals surface area contributed by atoms with Gasteiger partial charge >= 0.3 is 0 Å². The van der Waals surface area contributed by atoms with Gasteiger partial charge in [0.05, 0.1) is 5.69 Å². The first-order chi connectivity index (χ1) is 8.28. The highest BCUT2D eigenvalue weighted by molar-refractivity contribution is 5.27. The van der Waals surface area contributed by atoms with Crippen molar-refractivity contribution in [1.82, 2.24) is 5.16 Å². The zero-order chi connectivity index (χ0) is 12.1. The van der Waals surface area contributed by atoms with Crippen LogP contribution in [0.1, 0.15) is 17.0 Å². The van der Waals surface area contributed by atoms with Crippen LogP contribution in [0.2, 0.25) is 0 Å². The number of hydrogen-bond donors (Lipinski definition) is 1. The summed E-state index contributed by atoms with van der Waals surface area (Å²) in [5, 5.41) is 3.80. The molecule has 4 nitrogen and oxygen atoms in total. The average Bonchev–Trinajstić information content (AvgIpc) is 2.75. The number of nitrogens with two attached hydrogens (primary N) is 1. The van der Waals surface area contributed by atoms with Crippen LogP contribution >= 0.6 is 0 Å². The van der Waals surface area contributed by atoms with E-state index in [9.17, 15) is 0 Å². The van der Waals surface area contributed by atoms with E-state index in [1.165, 1.54) is 5.56 Å². The van der Waals surface area contributed by atoms with Crippen LogP contribution in [0.4, 0.5) is 0 Å². The van der Waals surface area contributed by atoms with Gasteiger partial charge in [-0.1, -0.05) is 17.3 Å². The molecular weight excluding hydrogens is 216 g/mol. The summed E-state index contributed by atoms with van der Waals surface area (Å²) in [6.45, 7) is 2.95. The molecule has 0 spiro atoms. The highest BCUT2D eigenvalue weighted by Crippen LogP contribution is 2.14. The third kappa shape index (κ3) is 3.32. The molecule has 1 heterocycles. The molecule has 1 aromatic carbocycles. The Hall–Kier alpha value is -1.81. The maximum atomic E-state index is 5.57. The van der Waals surface area contributed by atoms with Crippen molar-refractivity contribution in [3.8, 4) is 5.75 Å². The molecule has 0 atom stereocenters. The van der Waals surface area contributed by atoms with Gasteiger partial charge in [-0.25, -0.2) is 0 Å². The van der Waals surface area contributed by atoms with Crippen LogP contribution < -0.4 is 10.5 Å². The second-order valence-electron chi connectivity index (χ2n) is 3.91. The van der Waals surface area contributed by atoms with E-state index >= 15 is 0 Å². The van der Waals surface area contributed by atoms with Crippen LogP contribution in [0.25, 0.3) is 0 Å². The molecule has 4 heteroatoms. The van der Waals surface area contributed by atoms with Crippen molar-refractivity contribution >= 4 is 0 Å². The highest BCUT2D eigenvalue weighted by Gasteiger charge is 2.01. The zero-order valence-corrected chi connectivity index (χ0v) is 9.85. The van der Waals surface area contributed by atoms with Crippen molar-refractivity contribution in [3.05, 3.63) is 47.3 Å². The second kappa shape index (κ2) is 5.50. The molecule has 17 heavy (non-hydrogen) atoms. The Labute approximate surface area is 100 Å². The third-order valence-corrected chi connectivity index (χ3v) is 2.41. The number of nitrogens with zero attached hydrogens (tertiary/aromatic N) is 1. The van der Waals surface area contributed by atoms with Crippen molar-refractivity contribution in [1.29, 1.82) is 0 Å². The van der Waals surface area contributed by atoms with Gasteiger partial charge < -0.3 is 15.0 Å². The summed E-state index contributed by atoms with van der Waals surface area (Å²) in [4.78, 5) is 0. The highest BCUT2D eigenvalue weighted by atomic mass is 16.5. The minimum atomic E-state index is 0.400. The van der Waals surface area contributed by atoms with Crippen LogP contribution in [0, 0.1) is 6.92 Å². The quantitative estimate of drug-likeness (QED) is 0.857. The number of hydrogen-bond acceptors (Lipinski definition) is 4. The normalized spacial score (nSPS) is 10.5. The summed E-state index contributed by atoms with van der Waals surface area (Å²) in [6, 6.07) is 9.78. The lowest BCUT2D eigenvalue weighted by Gasteiger charge is -2.04. The minimum absolute atomic E-state index is 0.400. The van der Waals surface area contributed by atoms with Crippen molar-refractivity contribution in [2.24, 2.45) is 5.73 Å². The fraction of sp³-hybridized carbons (Fsp3) is 0.308. The van der Waals surface area contributed by atoms with Gasteiger partial charge in [0.15, 0.2) is 5.76 Å². The van der Waals surface area contributed by atoms with Gasteiger partial charge in [0.1, 0.15) is 12.4 Å². The monoisotopic (exact) mass is 232 g/mol. The Balaban J connectivity index is 1.90. The van der Waals surface area contributed by atoms with Crippen LogP contribution in [-0.4, -0.2) is 11.7 Å². The molecule has 0 fully saturated rings. The molecule has 0 aliphatic carbocycles. The van der Waals surface area contributed by atoms with Gasteiger partial charge in [-0.05, 0) is 37.6 Å². The second-order valence-corrected chi connectivity index (χ2v) is 3.91. The summed E-state index contributed by atoms with van der Waals surface area (Å²) in [7, 11) is 0. The number of benzene rings is 1. The molecule has 0 saturated carbocycles. The molecule has 0 aliphatic rings. The van der Waals surface area contributed by atoms with Gasteiger partial charge in [0, 0.05) is 6.07 Å². The predicted octanol–water partition coefficient (Wildman–Crippen LogP) is 2.06. The minimum Gasteiger partial charge on any atom is -0.486 e. The Bertz CT molecular complexity index is 463. The number of ether oxygens (including phenoxy) is 1. The summed E-state index contributed by atoms with van der Waals surface area (Å²) in [5.41, 5.74) is 7.57. The van der Waals surface area contributed by atoms with E-state index in [0.717, 1.165) is 23.6 Å². The number of aryl methyl sites for hydroxylation is 1. The van der Waals surface area contributed by atoms with E-state index in [1.807, 2.05) is 37.3 Å². The standard InChI is InChI=1S/C13H16N2O2/c1-10-8-13(17-15-10)9-16-12-4-2-11(3-5-12)6-7-14/h2-5,8H,6-7,9,14H2,1H3. The van der Waals surface area contributed by atoms with Crippen LogP contribution in [-0.2, 0) is 13.0 Å². The molecule has 0 saturated heterocycles. The van der Waals surface area contributed by atoms with Crippen molar-refractivity contribution in [3.63, 3.8) is 0 Å².